The summed E-state index contributed by atoms with van der Waals surface area (Å²) in [5, 5.41) is 20.7. The van der Waals surface area contributed by atoms with Gasteiger partial charge in [-0.2, -0.15) is 0 Å². The molecule has 0 bridgehead atoms. The van der Waals surface area contributed by atoms with Crippen molar-refractivity contribution in [2.45, 2.75) is 124 Å². The van der Waals surface area contributed by atoms with Gasteiger partial charge in [-0.1, -0.05) is 59.8 Å². The van der Waals surface area contributed by atoms with Gasteiger partial charge in [-0.3, -0.25) is 9.59 Å². The molecule has 0 aliphatic heterocycles. The van der Waals surface area contributed by atoms with E-state index < -0.39 is 18.0 Å². The van der Waals surface area contributed by atoms with Gasteiger partial charge < -0.3 is 14.9 Å². The molecule has 4 aliphatic rings. The number of allylic oxidation sites excluding steroid dienone is 4. The highest BCUT2D eigenvalue weighted by atomic mass is 16.5. The number of carboxylic acid groups (broad SMARTS) is 1. The highest BCUT2D eigenvalue weighted by molar-refractivity contribution is 5.76. The molecule has 0 heterocycles. The lowest BCUT2D eigenvalue weighted by molar-refractivity contribution is -0.171. The van der Waals surface area contributed by atoms with E-state index in [1.807, 2.05) is 0 Å². The average Bonchev–Trinajstić information content (AvgIpc) is 3.14. The van der Waals surface area contributed by atoms with Crippen molar-refractivity contribution in [2.75, 3.05) is 0 Å². The smallest absolute Gasteiger partial charge is 0.306 e. The fourth-order valence-electron chi connectivity index (χ4n) is 8.82. The molecule has 0 spiro atoms. The Morgan fingerprint density at radius 1 is 1.11 bits per heavy atom. The van der Waals surface area contributed by atoms with Crippen LogP contribution in [0.15, 0.2) is 34.9 Å². The van der Waals surface area contributed by atoms with Crippen LogP contribution in [0.1, 0.15) is 112 Å². The molecule has 0 aromatic carbocycles. The molecule has 1 fully saturated rings. The Kier molecular flexibility index (Phi) is 8.12. The van der Waals surface area contributed by atoms with E-state index in [0.29, 0.717) is 17.8 Å². The predicted octanol–water partition coefficient (Wildman–Crippen LogP) is 7.40. The maximum Gasteiger partial charge on any atom is 0.306 e. The second-order valence-electron chi connectivity index (χ2n) is 14.0. The van der Waals surface area contributed by atoms with E-state index in [0.717, 1.165) is 44.9 Å². The number of carbonyl (C=O) groups is 2. The van der Waals surface area contributed by atoms with Crippen LogP contribution in [0.25, 0.3) is 0 Å². The first-order valence-corrected chi connectivity index (χ1v) is 14.9. The summed E-state index contributed by atoms with van der Waals surface area (Å²) in [5.41, 5.74) is 5.18. The van der Waals surface area contributed by atoms with E-state index in [1.54, 1.807) is 0 Å². The first-order chi connectivity index (χ1) is 17.7. The SMILES string of the molecule is C=C(CCC[C@H]1CC=C2C3=C([C@@H](O)CC21C)C1(C)CCC(OC(=O)CCC(=O)O)C(C)(C)C1CC3)C(C)C. The van der Waals surface area contributed by atoms with E-state index in [4.69, 9.17) is 9.84 Å². The number of fused-ring (bicyclic) bond motifs is 4. The minimum absolute atomic E-state index is 0.0347. The summed E-state index contributed by atoms with van der Waals surface area (Å²) in [6.07, 6.45) is 10.5. The van der Waals surface area contributed by atoms with E-state index in [9.17, 15) is 14.7 Å². The van der Waals surface area contributed by atoms with Gasteiger partial charge in [-0.05, 0) is 103 Å². The molecular formula is C33H50O5. The van der Waals surface area contributed by atoms with Gasteiger partial charge in [0, 0.05) is 5.41 Å². The number of hydrogen-bond acceptors (Lipinski definition) is 4. The fraction of sp³-hybridized carbons (Fsp3) is 0.758. The number of carbonyl (C=O) groups excluding carboxylic acids is 1. The van der Waals surface area contributed by atoms with Gasteiger partial charge in [0.1, 0.15) is 6.10 Å². The molecule has 5 heteroatoms. The summed E-state index contributed by atoms with van der Waals surface area (Å²) in [6.45, 7) is 17.8. The molecular weight excluding hydrogens is 476 g/mol. The first kappa shape index (κ1) is 29.1. The molecule has 212 valence electrons. The standard InChI is InChI=1S/C33H50O5/c1-20(2)21(3)9-8-10-22-11-13-24-23-12-14-26-31(4,5)27(38-29(37)16-15-28(35)36)17-18-32(26,6)30(23)25(34)19-33(22,24)7/h13,20,22,25-27,34H,3,8-12,14-19H2,1-2,4-7H3,(H,35,36)/t22-,25-,26?,27?,32?,33?/m0/s1. The van der Waals surface area contributed by atoms with Crippen molar-refractivity contribution in [3.8, 4) is 0 Å². The maximum atomic E-state index is 12.4. The monoisotopic (exact) mass is 526 g/mol. The van der Waals surface area contributed by atoms with E-state index in [-0.39, 0.29) is 35.2 Å². The molecule has 0 saturated heterocycles. The Morgan fingerprint density at radius 3 is 2.47 bits per heavy atom. The summed E-state index contributed by atoms with van der Waals surface area (Å²) in [4.78, 5) is 23.3. The zero-order valence-electron chi connectivity index (χ0n) is 24.6. The zero-order chi connectivity index (χ0) is 28.0. The van der Waals surface area contributed by atoms with Gasteiger partial charge in [0.25, 0.3) is 0 Å². The maximum absolute atomic E-state index is 12.4. The lowest BCUT2D eigenvalue weighted by Gasteiger charge is -2.60. The Bertz CT molecular complexity index is 1030. The van der Waals surface area contributed by atoms with Crippen LogP contribution in [0.2, 0.25) is 0 Å². The van der Waals surface area contributed by atoms with Crippen LogP contribution in [-0.4, -0.2) is 34.4 Å². The third-order valence-corrected chi connectivity index (χ3v) is 11.1. The van der Waals surface area contributed by atoms with Crippen molar-refractivity contribution < 1.29 is 24.5 Å². The normalized spacial score (nSPS) is 35.7. The van der Waals surface area contributed by atoms with Crippen molar-refractivity contribution in [1.82, 2.24) is 0 Å². The van der Waals surface area contributed by atoms with Crippen LogP contribution in [0.3, 0.4) is 0 Å². The van der Waals surface area contributed by atoms with Gasteiger partial charge in [0.2, 0.25) is 0 Å². The number of aliphatic hydroxyl groups is 1. The molecule has 0 amide bonds. The molecule has 0 aromatic rings. The molecule has 6 atom stereocenters. The minimum atomic E-state index is -0.980. The molecule has 4 rings (SSSR count). The van der Waals surface area contributed by atoms with Crippen molar-refractivity contribution in [1.29, 1.82) is 0 Å². The number of carboxylic acids is 1. The number of aliphatic carboxylic acids is 1. The van der Waals surface area contributed by atoms with Gasteiger partial charge in [-0.25, -0.2) is 0 Å². The van der Waals surface area contributed by atoms with Gasteiger partial charge >= 0.3 is 11.9 Å². The topological polar surface area (TPSA) is 83.8 Å². The Hall–Kier alpha value is -1.88. The Labute approximate surface area is 229 Å². The molecule has 0 radical (unpaired) electrons. The second kappa shape index (κ2) is 10.6. The largest absolute Gasteiger partial charge is 0.481 e. The third kappa shape index (κ3) is 5.05. The van der Waals surface area contributed by atoms with E-state index >= 15 is 0 Å². The van der Waals surface area contributed by atoms with Crippen molar-refractivity contribution in [3.05, 3.63) is 34.9 Å². The number of ether oxygens (including phenoxy) is 1. The number of aliphatic hydroxyl groups excluding tert-OH is 1. The zero-order valence-corrected chi connectivity index (χ0v) is 24.6. The van der Waals surface area contributed by atoms with Crippen molar-refractivity contribution in [3.63, 3.8) is 0 Å². The third-order valence-electron chi connectivity index (χ3n) is 11.1. The summed E-state index contributed by atoms with van der Waals surface area (Å²) < 4.78 is 5.88. The lowest BCUT2D eigenvalue weighted by atomic mass is 9.46. The molecule has 1 saturated carbocycles. The minimum Gasteiger partial charge on any atom is -0.481 e. The quantitative estimate of drug-likeness (QED) is 0.242. The van der Waals surface area contributed by atoms with Crippen LogP contribution in [0.4, 0.5) is 0 Å². The molecule has 38 heavy (non-hydrogen) atoms. The second-order valence-corrected chi connectivity index (χ2v) is 14.0. The number of hydrogen-bond donors (Lipinski definition) is 2. The molecule has 4 unspecified atom stereocenters. The van der Waals surface area contributed by atoms with Crippen LogP contribution < -0.4 is 0 Å². The molecule has 0 aromatic heterocycles. The fourth-order valence-corrected chi connectivity index (χ4v) is 8.82. The van der Waals surface area contributed by atoms with Crippen molar-refractivity contribution >= 4 is 11.9 Å². The van der Waals surface area contributed by atoms with Gasteiger partial charge in [0.15, 0.2) is 0 Å². The van der Waals surface area contributed by atoms with E-state index in [1.165, 1.54) is 35.1 Å². The van der Waals surface area contributed by atoms with Crippen LogP contribution in [0, 0.1) is 34.0 Å². The van der Waals surface area contributed by atoms with Crippen LogP contribution in [0.5, 0.6) is 0 Å². The Balaban J connectivity index is 1.53. The van der Waals surface area contributed by atoms with Gasteiger partial charge in [-0.15, -0.1) is 0 Å². The number of rotatable bonds is 9. The first-order valence-electron chi connectivity index (χ1n) is 14.9. The number of esters is 1. The highest BCUT2D eigenvalue weighted by Gasteiger charge is 2.60. The summed E-state index contributed by atoms with van der Waals surface area (Å²) >= 11 is 0. The summed E-state index contributed by atoms with van der Waals surface area (Å²) in [7, 11) is 0. The molecule has 2 N–H and O–H groups in total. The summed E-state index contributed by atoms with van der Waals surface area (Å²) in [6, 6.07) is 0. The lowest BCUT2D eigenvalue weighted by Crippen LogP contribution is -2.56. The van der Waals surface area contributed by atoms with Crippen LogP contribution >= 0.6 is 0 Å². The highest BCUT2D eigenvalue weighted by Crippen LogP contribution is 2.66. The van der Waals surface area contributed by atoms with E-state index in [2.05, 4.69) is 54.2 Å². The summed E-state index contributed by atoms with van der Waals surface area (Å²) in [5.74, 6) is 0.00243. The van der Waals surface area contributed by atoms with Gasteiger partial charge in [0.05, 0.1) is 18.9 Å². The predicted molar refractivity (Wildman–Crippen MR) is 150 cm³/mol. The molecule has 5 nitrogen and oxygen atoms in total. The van der Waals surface area contributed by atoms with Crippen molar-refractivity contribution in [2.24, 2.45) is 34.0 Å². The Morgan fingerprint density at radius 2 is 1.82 bits per heavy atom. The van der Waals surface area contributed by atoms with Crippen LogP contribution in [-0.2, 0) is 14.3 Å². The molecule has 4 aliphatic carbocycles. The average molecular weight is 527 g/mol.